The fourth-order valence-corrected chi connectivity index (χ4v) is 7.43. The zero-order valence-corrected chi connectivity index (χ0v) is 21.6. The van der Waals surface area contributed by atoms with Crippen molar-refractivity contribution in [3.8, 4) is 5.75 Å². The Balaban J connectivity index is 1.34. The minimum Gasteiger partial charge on any atom is -0.491 e. The van der Waals surface area contributed by atoms with Crippen LogP contribution < -0.4 is 4.74 Å². The molecule has 0 spiro atoms. The first-order chi connectivity index (χ1) is 17.1. The second kappa shape index (κ2) is 13.7. The highest BCUT2D eigenvalue weighted by atomic mass is 32.2. The predicted molar refractivity (Wildman–Crippen MR) is 137 cm³/mol. The number of thioether (sulfide) groups is 1. The zero-order valence-electron chi connectivity index (χ0n) is 20.8. The first kappa shape index (κ1) is 26.5. The Morgan fingerprint density at radius 3 is 2.86 bits per heavy atom. The second-order valence-electron chi connectivity index (χ2n) is 9.87. The molecule has 2 heterocycles. The lowest BCUT2D eigenvalue weighted by molar-refractivity contribution is -0.192. The second-order valence-corrected chi connectivity index (χ2v) is 11.4. The number of benzene rings is 1. The molecule has 0 bridgehead atoms. The number of fused-ring (bicyclic) bond motifs is 1. The van der Waals surface area contributed by atoms with Crippen molar-refractivity contribution >= 4 is 17.7 Å². The summed E-state index contributed by atoms with van der Waals surface area (Å²) in [5.41, 5.74) is 0. The molecule has 1 aromatic carbocycles. The van der Waals surface area contributed by atoms with Crippen LogP contribution in [0, 0.1) is 11.8 Å². The maximum atomic E-state index is 11.5. The van der Waals surface area contributed by atoms with E-state index in [0.29, 0.717) is 22.8 Å². The lowest BCUT2D eigenvalue weighted by Gasteiger charge is -2.33. The molecule has 1 unspecified atom stereocenters. The first-order valence-corrected chi connectivity index (χ1v) is 14.1. The van der Waals surface area contributed by atoms with Gasteiger partial charge in [-0.2, -0.15) is 11.8 Å². The number of carbonyl (C=O) groups excluding carboxylic acids is 1. The average molecular weight is 505 g/mol. The van der Waals surface area contributed by atoms with Gasteiger partial charge < -0.3 is 24.1 Å². The van der Waals surface area contributed by atoms with Gasteiger partial charge in [-0.05, 0) is 69.4 Å². The number of para-hydroxylation sites is 1. The number of esters is 1. The Morgan fingerprint density at radius 1 is 1.23 bits per heavy atom. The van der Waals surface area contributed by atoms with E-state index in [-0.39, 0.29) is 30.9 Å². The number of hydrogen-bond donors (Lipinski definition) is 1. The molecule has 0 amide bonds. The maximum Gasteiger partial charge on any atom is 0.305 e. The third kappa shape index (κ3) is 7.97. The van der Waals surface area contributed by atoms with Crippen LogP contribution in [0.1, 0.15) is 57.8 Å². The third-order valence-corrected chi connectivity index (χ3v) is 9.12. The molecular weight excluding hydrogens is 464 g/mol. The Hall–Kier alpha value is -1.54. The van der Waals surface area contributed by atoms with Crippen LogP contribution >= 0.6 is 11.8 Å². The molecule has 1 saturated carbocycles. The maximum absolute atomic E-state index is 11.5. The summed E-state index contributed by atoms with van der Waals surface area (Å²) >= 11 is 2.08. The van der Waals surface area contributed by atoms with Crippen molar-refractivity contribution in [1.29, 1.82) is 0 Å². The summed E-state index contributed by atoms with van der Waals surface area (Å²) in [4.78, 5) is 11.5. The summed E-state index contributed by atoms with van der Waals surface area (Å²) in [7, 11) is 1.45. The highest BCUT2D eigenvalue weighted by molar-refractivity contribution is 8.00. The van der Waals surface area contributed by atoms with Gasteiger partial charge in [0, 0.05) is 29.4 Å². The molecule has 2 aliphatic heterocycles. The molecule has 0 aromatic heterocycles. The monoisotopic (exact) mass is 504 g/mol. The van der Waals surface area contributed by atoms with Crippen LogP contribution in [0.25, 0.3) is 0 Å². The van der Waals surface area contributed by atoms with Crippen molar-refractivity contribution in [2.45, 2.75) is 86.8 Å². The predicted octanol–water partition coefficient (Wildman–Crippen LogP) is 5.14. The number of aliphatic hydroxyl groups excluding tert-OH is 1. The van der Waals surface area contributed by atoms with Crippen molar-refractivity contribution in [3.63, 3.8) is 0 Å². The molecule has 7 atom stereocenters. The van der Waals surface area contributed by atoms with Crippen molar-refractivity contribution in [1.82, 2.24) is 0 Å². The molecule has 1 N–H and O–H groups in total. The lowest BCUT2D eigenvalue weighted by atomic mass is 9.88. The van der Waals surface area contributed by atoms with Crippen LogP contribution in [0.2, 0.25) is 0 Å². The largest absolute Gasteiger partial charge is 0.491 e. The number of ether oxygens (including phenoxy) is 4. The van der Waals surface area contributed by atoms with E-state index < -0.39 is 6.10 Å². The molecule has 35 heavy (non-hydrogen) atoms. The van der Waals surface area contributed by atoms with Gasteiger partial charge in [-0.3, -0.25) is 4.79 Å². The van der Waals surface area contributed by atoms with Crippen LogP contribution in [-0.2, 0) is 19.0 Å². The normalized spacial score (nSPS) is 31.7. The SMILES string of the molecule is COC(=O)CCC[C@H]1CC[C@@H]2[C@@H](C=C[C@@H](O)COc3ccccc3)[C@H](OC3CCCCO3)C[C@@H]2S1. The zero-order chi connectivity index (χ0) is 24.5. The molecule has 4 rings (SSSR count). The van der Waals surface area contributed by atoms with E-state index in [1.807, 2.05) is 36.4 Å². The number of aliphatic hydroxyl groups is 1. The van der Waals surface area contributed by atoms with Gasteiger partial charge in [-0.25, -0.2) is 0 Å². The summed E-state index contributed by atoms with van der Waals surface area (Å²) in [5, 5.41) is 11.7. The van der Waals surface area contributed by atoms with Crippen molar-refractivity contribution in [3.05, 3.63) is 42.5 Å². The molecular formula is C28H40O6S. The van der Waals surface area contributed by atoms with Gasteiger partial charge in [0.15, 0.2) is 6.29 Å². The van der Waals surface area contributed by atoms with Crippen molar-refractivity contribution < 1.29 is 28.8 Å². The Labute approximate surface area is 213 Å². The minimum atomic E-state index is -0.664. The van der Waals surface area contributed by atoms with Gasteiger partial charge in [-0.15, -0.1) is 0 Å². The van der Waals surface area contributed by atoms with Gasteiger partial charge in [0.2, 0.25) is 0 Å². The third-order valence-electron chi connectivity index (χ3n) is 7.37. The minimum absolute atomic E-state index is 0.105. The summed E-state index contributed by atoms with van der Waals surface area (Å²) < 4.78 is 22.9. The standard InChI is InChI=1S/C28H40O6S/c1-31-27(30)11-7-10-22-14-16-24-23(15-13-20(29)19-33-21-8-3-2-4-9-21)25(18-26(24)35-22)34-28-12-5-6-17-32-28/h2-4,8-9,13,15,20,22-26,28-29H,5-7,10-12,14,16-19H2,1H3/t20-,22+,23-,24-,25-,26+,28?/m1/s1. The highest BCUT2D eigenvalue weighted by Gasteiger charge is 2.46. The number of hydrogen-bond acceptors (Lipinski definition) is 7. The van der Waals surface area contributed by atoms with Crippen LogP contribution in [0.4, 0.5) is 0 Å². The quantitative estimate of drug-likeness (QED) is 0.330. The number of rotatable bonds is 11. The van der Waals surface area contributed by atoms with E-state index >= 15 is 0 Å². The number of carbonyl (C=O) groups is 1. The Kier molecular flexibility index (Phi) is 10.4. The first-order valence-electron chi connectivity index (χ1n) is 13.2. The topological polar surface area (TPSA) is 74.2 Å². The van der Waals surface area contributed by atoms with Gasteiger partial charge >= 0.3 is 5.97 Å². The molecule has 7 heteroatoms. The van der Waals surface area contributed by atoms with Gasteiger partial charge in [0.25, 0.3) is 0 Å². The van der Waals surface area contributed by atoms with E-state index in [1.54, 1.807) is 0 Å². The van der Waals surface area contributed by atoms with E-state index in [2.05, 4.69) is 17.8 Å². The molecule has 1 aromatic rings. The van der Waals surface area contributed by atoms with Crippen molar-refractivity contribution in [2.24, 2.45) is 11.8 Å². The van der Waals surface area contributed by atoms with E-state index in [1.165, 1.54) is 7.11 Å². The molecule has 3 aliphatic rings. The molecule has 1 aliphatic carbocycles. The van der Waals surface area contributed by atoms with Crippen molar-refractivity contribution in [2.75, 3.05) is 20.3 Å². The molecule has 6 nitrogen and oxygen atoms in total. The Morgan fingerprint density at radius 2 is 2.09 bits per heavy atom. The van der Waals surface area contributed by atoms with Gasteiger partial charge in [0.05, 0.1) is 13.2 Å². The summed E-state index contributed by atoms with van der Waals surface area (Å²) in [5.74, 6) is 1.44. The average Bonchev–Trinajstić information content (AvgIpc) is 3.23. The molecule has 194 valence electrons. The van der Waals surface area contributed by atoms with E-state index in [0.717, 1.165) is 63.7 Å². The Bertz CT molecular complexity index is 796. The smallest absolute Gasteiger partial charge is 0.305 e. The summed E-state index contributed by atoms with van der Waals surface area (Å²) in [6, 6.07) is 9.59. The van der Waals surface area contributed by atoms with Crippen LogP contribution in [0.3, 0.4) is 0 Å². The number of methoxy groups -OCH3 is 1. The molecule has 2 saturated heterocycles. The molecule has 0 radical (unpaired) electrons. The lowest BCUT2D eigenvalue weighted by Crippen LogP contribution is -2.31. The molecule has 3 fully saturated rings. The summed E-state index contributed by atoms with van der Waals surface area (Å²) in [6.07, 6.45) is 12.4. The van der Waals surface area contributed by atoms with E-state index in [9.17, 15) is 9.90 Å². The van der Waals surface area contributed by atoms with Gasteiger partial charge in [0.1, 0.15) is 18.5 Å². The van der Waals surface area contributed by atoms with Crippen LogP contribution in [0.15, 0.2) is 42.5 Å². The summed E-state index contributed by atoms with van der Waals surface area (Å²) in [6.45, 7) is 1.01. The van der Waals surface area contributed by atoms with Crippen LogP contribution in [-0.4, -0.2) is 60.4 Å². The fraction of sp³-hybridized carbons (Fsp3) is 0.679. The fourth-order valence-electron chi connectivity index (χ4n) is 5.54. The van der Waals surface area contributed by atoms with Crippen LogP contribution in [0.5, 0.6) is 5.75 Å². The van der Waals surface area contributed by atoms with Gasteiger partial charge in [-0.1, -0.05) is 30.4 Å². The van der Waals surface area contributed by atoms with E-state index in [4.69, 9.17) is 18.9 Å². The highest BCUT2D eigenvalue weighted by Crippen LogP contribution is 2.51.